The van der Waals surface area contributed by atoms with E-state index in [-0.39, 0.29) is 36.0 Å². The van der Waals surface area contributed by atoms with Gasteiger partial charge in [0.15, 0.2) is 5.82 Å². The molecule has 0 unspecified atom stereocenters. The number of hydrogen-bond donors (Lipinski definition) is 2. The Bertz CT molecular complexity index is 1070. The van der Waals surface area contributed by atoms with E-state index < -0.39 is 11.7 Å². The molecule has 0 bridgehead atoms. The third kappa shape index (κ3) is 3.65. The Hall–Kier alpha value is -3.42. The molecule has 8 heteroatoms. The third-order valence-corrected chi connectivity index (χ3v) is 5.16. The maximum absolute atomic E-state index is 14.2. The van der Waals surface area contributed by atoms with Crippen molar-refractivity contribution in [2.75, 3.05) is 25.1 Å². The van der Waals surface area contributed by atoms with Gasteiger partial charge in [0, 0.05) is 19.5 Å². The quantitative estimate of drug-likeness (QED) is 0.670. The lowest BCUT2D eigenvalue weighted by molar-refractivity contribution is -0.126. The summed E-state index contributed by atoms with van der Waals surface area (Å²) in [4.78, 5) is 26.4. The highest BCUT2D eigenvalue weighted by Crippen LogP contribution is 2.31. The number of benzene rings is 2. The zero-order valence-corrected chi connectivity index (χ0v) is 15.9. The van der Waals surface area contributed by atoms with Crippen molar-refractivity contribution in [3.63, 3.8) is 0 Å². The minimum absolute atomic E-state index is 0.0727. The summed E-state index contributed by atoms with van der Waals surface area (Å²) in [5.41, 5.74) is 1.51. The number of para-hydroxylation sites is 1. The van der Waals surface area contributed by atoms with E-state index in [2.05, 4.69) is 15.5 Å². The van der Waals surface area contributed by atoms with Crippen molar-refractivity contribution in [2.24, 2.45) is 5.92 Å². The van der Waals surface area contributed by atoms with Crippen LogP contribution in [0.1, 0.15) is 12.0 Å². The second kappa shape index (κ2) is 7.90. The molecule has 1 atom stereocenters. The van der Waals surface area contributed by atoms with Gasteiger partial charge in [0.25, 0.3) is 0 Å². The van der Waals surface area contributed by atoms with Crippen LogP contribution in [-0.4, -0.2) is 42.2 Å². The van der Waals surface area contributed by atoms with Gasteiger partial charge >= 0.3 is 0 Å². The first-order valence-electron chi connectivity index (χ1n) is 9.41. The number of methoxy groups -OCH3 is 1. The fourth-order valence-electron chi connectivity index (χ4n) is 3.67. The molecule has 1 aromatic heterocycles. The summed E-state index contributed by atoms with van der Waals surface area (Å²) in [5, 5.41) is 9.98. The summed E-state index contributed by atoms with van der Waals surface area (Å²) in [5.74, 6) is -0.395. The smallest absolute Gasteiger partial charge is 0.229 e. The molecule has 2 N–H and O–H groups in total. The summed E-state index contributed by atoms with van der Waals surface area (Å²) in [6.07, 6.45) is 0.693. The van der Waals surface area contributed by atoms with Crippen molar-refractivity contribution in [3.8, 4) is 5.75 Å². The number of carbonyl (C=O) groups excluding carboxylic acids is 2. The molecule has 2 amide bonds. The monoisotopic (exact) mass is 396 g/mol. The number of fused-ring (bicyclic) bond motifs is 1. The van der Waals surface area contributed by atoms with Gasteiger partial charge in [-0.3, -0.25) is 19.6 Å². The number of carbonyl (C=O) groups is 2. The number of nitrogens with one attached hydrogen (secondary N) is 2. The first kappa shape index (κ1) is 18.9. The summed E-state index contributed by atoms with van der Waals surface area (Å²) in [6, 6.07) is 12.2. The van der Waals surface area contributed by atoms with Crippen molar-refractivity contribution >= 4 is 28.5 Å². The average molecular weight is 396 g/mol. The van der Waals surface area contributed by atoms with Crippen molar-refractivity contribution in [1.29, 1.82) is 0 Å². The topological polar surface area (TPSA) is 87.3 Å². The molecule has 4 rings (SSSR count). The van der Waals surface area contributed by atoms with Crippen LogP contribution in [-0.2, 0) is 16.0 Å². The predicted octanol–water partition coefficient (Wildman–Crippen LogP) is 2.42. The van der Waals surface area contributed by atoms with Gasteiger partial charge < -0.3 is 10.1 Å². The minimum atomic E-state index is -0.501. The van der Waals surface area contributed by atoms with Gasteiger partial charge in [-0.05, 0) is 30.2 Å². The number of H-pyrrole nitrogens is 1. The Kier molecular flexibility index (Phi) is 5.16. The number of rotatable bonds is 6. The van der Waals surface area contributed by atoms with E-state index in [1.165, 1.54) is 11.0 Å². The number of nitrogens with zero attached hydrogens (tertiary/aromatic N) is 2. The largest absolute Gasteiger partial charge is 0.496 e. The van der Waals surface area contributed by atoms with Gasteiger partial charge in [0.2, 0.25) is 11.8 Å². The molecule has 1 fully saturated rings. The lowest BCUT2D eigenvalue weighted by Crippen LogP contribution is -2.34. The van der Waals surface area contributed by atoms with Gasteiger partial charge in [-0.2, -0.15) is 5.10 Å². The second-order valence-electron chi connectivity index (χ2n) is 6.97. The molecule has 0 radical (unpaired) electrons. The van der Waals surface area contributed by atoms with E-state index in [1.54, 1.807) is 19.2 Å². The third-order valence-electron chi connectivity index (χ3n) is 5.16. The lowest BCUT2D eigenvalue weighted by Gasteiger charge is -2.15. The Labute approximate surface area is 166 Å². The highest BCUT2D eigenvalue weighted by Gasteiger charge is 2.37. The highest BCUT2D eigenvalue weighted by molar-refractivity contribution is 6.05. The van der Waals surface area contributed by atoms with Crippen LogP contribution < -0.4 is 15.0 Å². The number of aromatic amines is 1. The molecule has 2 heterocycles. The number of anilines is 1. The van der Waals surface area contributed by atoms with Gasteiger partial charge in [-0.25, -0.2) is 4.39 Å². The molecule has 150 valence electrons. The fourth-order valence-corrected chi connectivity index (χ4v) is 3.67. The highest BCUT2D eigenvalue weighted by atomic mass is 19.1. The maximum atomic E-state index is 14.2. The van der Waals surface area contributed by atoms with Crippen LogP contribution in [0.15, 0.2) is 42.5 Å². The van der Waals surface area contributed by atoms with Crippen LogP contribution in [0.5, 0.6) is 5.75 Å². The normalized spacial score (nSPS) is 16.4. The van der Waals surface area contributed by atoms with Crippen LogP contribution in [0.25, 0.3) is 10.9 Å². The summed E-state index contributed by atoms with van der Waals surface area (Å²) in [7, 11) is 1.61. The van der Waals surface area contributed by atoms with Crippen LogP contribution >= 0.6 is 0 Å². The van der Waals surface area contributed by atoms with E-state index in [4.69, 9.17) is 4.74 Å². The molecule has 3 aromatic rings. The molecule has 1 aliphatic rings. The Morgan fingerprint density at radius 1 is 1.31 bits per heavy atom. The van der Waals surface area contributed by atoms with E-state index >= 15 is 0 Å². The van der Waals surface area contributed by atoms with Crippen molar-refractivity contribution in [3.05, 3.63) is 53.8 Å². The number of amides is 2. The van der Waals surface area contributed by atoms with Gasteiger partial charge in [0.1, 0.15) is 11.6 Å². The zero-order chi connectivity index (χ0) is 20.4. The van der Waals surface area contributed by atoms with Gasteiger partial charge in [0.05, 0.1) is 23.9 Å². The predicted molar refractivity (Wildman–Crippen MR) is 106 cm³/mol. The van der Waals surface area contributed by atoms with Crippen molar-refractivity contribution in [1.82, 2.24) is 15.5 Å². The molecule has 29 heavy (non-hydrogen) atoms. The second-order valence-corrected chi connectivity index (χ2v) is 6.97. The van der Waals surface area contributed by atoms with E-state index in [0.29, 0.717) is 18.5 Å². The molecule has 1 aliphatic heterocycles. The first-order chi connectivity index (χ1) is 14.1. The standard InChI is InChI=1S/C21H21FN4O3/c1-29-17-8-3-2-5-13(17)9-10-23-21(28)14-11-18(27)26(12-14)20-19-15(22)6-4-7-16(19)24-25-20/h2-8,14H,9-12H2,1H3,(H,23,28)(H,24,25)/t14-/m0/s1. The molecule has 0 saturated carbocycles. The number of ether oxygens (including phenoxy) is 1. The minimum Gasteiger partial charge on any atom is -0.496 e. The fraction of sp³-hybridized carbons (Fsp3) is 0.286. The first-order valence-corrected chi connectivity index (χ1v) is 9.41. The SMILES string of the molecule is COc1ccccc1CCNC(=O)[C@H]1CC(=O)N(c2n[nH]c3cccc(F)c23)C1. The molecule has 2 aromatic carbocycles. The van der Waals surface area contributed by atoms with Gasteiger partial charge in [-0.1, -0.05) is 24.3 Å². The van der Waals surface area contributed by atoms with E-state index in [1.807, 2.05) is 24.3 Å². The molecular formula is C21H21FN4O3. The molecular weight excluding hydrogens is 375 g/mol. The maximum Gasteiger partial charge on any atom is 0.229 e. The van der Waals surface area contributed by atoms with Crippen molar-refractivity contribution < 1.29 is 18.7 Å². The summed E-state index contributed by atoms with van der Waals surface area (Å²) in [6.45, 7) is 0.609. The summed E-state index contributed by atoms with van der Waals surface area (Å²) < 4.78 is 19.5. The van der Waals surface area contributed by atoms with Gasteiger partial charge in [-0.15, -0.1) is 0 Å². The lowest BCUT2D eigenvalue weighted by atomic mass is 10.1. The number of halogens is 1. The van der Waals surface area contributed by atoms with Crippen molar-refractivity contribution in [2.45, 2.75) is 12.8 Å². The Morgan fingerprint density at radius 3 is 2.97 bits per heavy atom. The van der Waals surface area contributed by atoms with Crippen LogP contribution in [0.4, 0.5) is 10.2 Å². The molecule has 7 nitrogen and oxygen atoms in total. The Morgan fingerprint density at radius 2 is 2.14 bits per heavy atom. The summed E-state index contributed by atoms with van der Waals surface area (Å²) >= 11 is 0. The van der Waals surface area contributed by atoms with E-state index in [9.17, 15) is 14.0 Å². The Balaban J connectivity index is 1.40. The zero-order valence-electron chi connectivity index (χ0n) is 15.9. The number of aromatic nitrogens is 2. The number of hydrogen-bond acceptors (Lipinski definition) is 4. The average Bonchev–Trinajstić information content (AvgIpc) is 3.32. The molecule has 0 aliphatic carbocycles. The van der Waals surface area contributed by atoms with Crippen LogP contribution in [0.2, 0.25) is 0 Å². The van der Waals surface area contributed by atoms with Crippen LogP contribution in [0, 0.1) is 11.7 Å². The van der Waals surface area contributed by atoms with Crippen LogP contribution in [0.3, 0.4) is 0 Å². The molecule has 0 spiro atoms. The molecule has 1 saturated heterocycles. The van der Waals surface area contributed by atoms with E-state index in [0.717, 1.165) is 11.3 Å².